The monoisotopic (exact) mass is 358 g/mol. The number of amides is 2. The number of methoxy groups -OCH3 is 1. The Morgan fingerprint density at radius 1 is 1.12 bits per heavy atom. The fourth-order valence-corrected chi connectivity index (χ4v) is 2.96. The van der Waals surface area contributed by atoms with E-state index in [-0.39, 0.29) is 18.4 Å². The molecule has 0 spiro atoms. The first kappa shape index (κ1) is 17.8. The molecule has 1 aliphatic heterocycles. The Balaban J connectivity index is 1.51. The molecular weight excluding hydrogens is 336 g/mol. The van der Waals surface area contributed by atoms with Crippen molar-refractivity contribution in [2.45, 2.75) is 19.9 Å². The molecule has 3 rings (SSSR count). The Labute approximate surface area is 151 Å². The van der Waals surface area contributed by atoms with Crippen LogP contribution in [0.25, 0.3) is 0 Å². The highest BCUT2D eigenvalue weighted by molar-refractivity contribution is 5.80. The lowest BCUT2D eigenvalue weighted by Gasteiger charge is -2.34. The van der Waals surface area contributed by atoms with Gasteiger partial charge >= 0.3 is 0 Å². The number of benzene rings is 1. The molecule has 0 N–H and O–H groups in total. The summed E-state index contributed by atoms with van der Waals surface area (Å²) in [7, 11) is 1.62. The van der Waals surface area contributed by atoms with Crippen LogP contribution >= 0.6 is 0 Å². The summed E-state index contributed by atoms with van der Waals surface area (Å²) in [5.41, 5.74) is 1.97. The molecule has 1 aromatic carbocycles. The van der Waals surface area contributed by atoms with Crippen LogP contribution in [-0.2, 0) is 22.6 Å². The van der Waals surface area contributed by atoms with Crippen molar-refractivity contribution in [3.05, 3.63) is 35.7 Å². The number of aromatic nitrogens is 4. The highest BCUT2D eigenvalue weighted by Crippen LogP contribution is 2.19. The van der Waals surface area contributed by atoms with E-state index < -0.39 is 0 Å². The van der Waals surface area contributed by atoms with Crippen molar-refractivity contribution in [1.82, 2.24) is 30.0 Å². The van der Waals surface area contributed by atoms with Crippen LogP contribution in [-0.4, -0.2) is 75.1 Å². The summed E-state index contributed by atoms with van der Waals surface area (Å²) in [5, 5.41) is 10.7. The van der Waals surface area contributed by atoms with E-state index in [9.17, 15) is 9.59 Å². The van der Waals surface area contributed by atoms with Gasteiger partial charge in [0, 0.05) is 26.2 Å². The molecule has 26 heavy (non-hydrogen) atoms. The number of carbonyl (C=O) groups excluding carboxylic acids is 2. The molecule has 138 valence electrons. The standard InChI is InChI=1S/C17H22N6O3/c1-13-3-4-14(9-15(13)26-2)10-16(24)21-5-7-22(8-6-21)17(25)11-23-12-18-19-20-23/h3-4,9,12H,5-8,10-11H2,1-2H3. The molecule has 0 bridgehead atoms. The van der Waals surface area contributed by atoms with Crippen LogP contribution in [0.3, 0.4) is 0 Å². The fourth-order valence-electron chi connectivity index (χ4n) is 2.96. The van der Waals surface area contributed by atoms with Gasteiger partial charge in [0.15, 0.2) is 0 Å². The first-order valence-corrected chi connectivity index (χ1v) is 8.46. The number of nitrogens with zero attached hydrogens (tertiary/aromatic N) is 6. The number of hydrogen-bond donors (Lipinski definition) is 0. The third-order valence-corrected chi connectivity index (χ3v) is 4.50. The second-order valence-electron chi connectivity index (χ2n) is 6.25. The van der Waals surface area contributed by atoms with Crippen LogP contribution in [0.4, 0.5) is 0 Å². The van der Waals surface area contributed by atoms with Crippen LogP contribution in [0, 0.1) is 6.92 Å². The number of ether oxygens (including phenoxy) is 1. The summed E-state index contributed by atoms with van der Waals surface area (Å²) in [6, 6.07) is 5.80. The van der Waals surface area contributed by atoms with E-state index in [1.54, 1.807) is 16.9 Å². The smallest absolute Gasteiger partial charge is 0.244 e. The van der Waals surface area contributed by atoms with E-state index in [2.05, 4.69) is 15.5 Å². The topological polar surface area (TPSA) is 93.5 Å². The second kappa shape index (κ2) is 7.94. The molecule has 0 saturated carbocycles. The molecule has 2 heterocycles. The van der Waals surface area contributed by atoms with Crippen LogP contribution in [0.1, 0.15) is 11.1 Å². The van der Waals surface area contributed by atoms with Crippen molar-refractivity contribution in [2.75, 3.05) is 33.3 Å². The van der Waals surface area contributed by atoms with E-state index in [4.69, 9.17) is 4.74 Å². The summed E-state index contributed by atoms with van der Waals surface area (Å²) in [6.07, 6.45) is 1.74. The zero-order valence-corrected chi connectivity index (χ0v) is 15.0. The predicted octanol–water partition coefficient (Wildman–Crippen LogP) is -0.0964. The van der Waals surface area contributed by atoms with Crippen molar-refractivity contribution < 1.29 is 14.3 Å². The maximum atomic E-state index is 12.5. The average molecular weight is 358 g/mol. The molecule has 2 aromatic rings. The lowest BCUT2D eigenvalue weighted by molar-refractivity contribution is -0.139. The van der Waals surface area contributed by atoms with Gasteiger partial charge in [-0.05, 0) is 34.5 Å². The number of piperazine rings is 1. The van der Waals surface area contributed by atoms with E-state index >= 15 is 0 Å². The number of carbonyl (C=O) groups is 2. The van der Waals surface area contributed by atoms with E-state index in [1.165, 1.54) is 11.0 Å². The lowest BCUT2D eigenvalue weighted by atomic mass is 10.1. The summed E-state index contributed by atoms with van der Waals surface area (Å²) in [4.78, 5) is 28.3. The number of rotatable bonds is 5. The molecule has 9 heteroatoms. The zero-order valence-electron chi connectivity index (χ0n) is 15.0. The molecule has 2 amide bonds. The molecule has 0 radical (unpaired) electrons. The van der Waals surface area contributed by atoms with Gasteiger partial charge in [-0.15, -0.1) is 5.10 Å². The summed E-state index contributed by atoms with van der Waals surface area (Å²) < 4.78 is 6.70. The predicted molar refractivity (Wildman–Crippen MR) is 92.4 cm³/mol. The minimum absolute atomic E-state index is 0.0485. The van der Waals surface area contributed by atoms with Gasteiger partial charge in [0.05, 0.1) is 13.5 Å². The Bertz CT molecular complexity index is 769. The third kappa shape index (κ3) is 4.16. The molecule has 0 unspecified atom stereocenters. The van der Waals surface area contributed by atoms with Crippen molar-refractivity contribution in [3.8, 4) is 5.75 Å². The lowest BCUT2D eigenvalue weighted by Crippen LogP contribution is -2.51. The van der Waals surface area contributed by atoms with Gasteiger partial charge in [0.1, 0.15) is 18.6 Å². The van der Waals surface area contributed by atoms with Crippen LogP contribution in [0.15, 0.2) is 24.5 Å². The number of tetrazole rings is 1. The summed E-state index contributed by atoms with van der Waals surface area (Å²) in [5.74, 6) is 0.796. The Morgan fingerprint density at radius 3 is 2.42 bits per heavy atom. The van der Waals surface area contributed by atoms with Gasteiger partial charge in [0.2, 0.25) is 11.8 Å². The van der Waals surface area contributed by atoms with Gasteiger partial charge in [-0.3, -0.25) is 9.59 Å². The summed E-state index contributed by atoms with van der Waals surface area (Å²) >= 11 is 0. The molecular formula is C17H22N6O3. The van der Waals surface area contributed by atoms with Crippen molar-refractivity contribution >= 4 is 11.8 Å². The Kier molecular flexibility index (Phi) is 5.45. The summed E-state index contributed by atoms with van der Waals surface area (Å²) in [6.45, 7) is 4.18. The highest BCUT2D eigenvalue weighted by Gasteiger charge is 2.24. The number of hydrogen-bond acceptors (Lipinski definition) is 6. The van der Waals surface area contributed by atoms with Gasteiger partial charge in [0.25, 0.3) is 0 Å². The van der Waals surface area contributed by atoms with Crippen LogP contribution in [0.5, 0.6) is 5.75 Å². The molecule has 1 fully saturated rings. The van der Waals surface area contributed by atoms with Gasteiger partial charge in [-0.25, -0.2) is 4.68 Å². The molecule has 1 aromatic heterocycles. The van der Waals surface area contributed by atoms with E-state index in [0.717, 1.165) is 16.9 Å². The Hall–Kier alpha value is -2.97. The minimum Gasteiger partial charge on any atom is -0.496 e. The van der Waals surface area contributed by atoms with Crippen molar-refractivity contribution in [1.29, 1.82) is 0 Å². The fraction of sp³-hybridized carbons (Fsp3) is 0.471. The minimum atomic E-state index is -0.0485. The van der Waals surface area contributed by atoms with Gasteiger partial charge < -0.3 is 14.5 Å². The first-order chi connectivity index (χ1) is 12.6. The van der Waals surface area contributed by atoms with Crippen LogP contribution < -0.4 is 4.74 Å². The van der Waals surface area contributed by atoms with Gasteiger partial charge in [-0.2, -0.15) is 0 Å². The second-order valence-corrected chi connectivity index (χ2v) is 6.25. The molecule has 0 atom stereocenters. The van der Waals surface area contributed by atoms with E-state index in [0.29, 0.717) is 32.6 Å². The Morgan fingerprint density at radius 2 is 1.81 bits per heavy atom. The molecule has 0 aliphatic carbocycles. The normalized spacial score (nSPS) is 14.4. The maximum Gasteiger partial charge on any atom is 0.244 e. The quantitative estimate of drug-likeness (QED) is 0.741. The first-order valence-electron chi connectivity index (χ1n) is 8.46. The zero-order chi connectivity index (χ0) is 18.5. The van der Waals surface area contributed by atoms with Crippen molar-refractivity contribution in [2.24, 2.45) is 0 Å². The van der Waals surface area contributed by atoms with E-state index in [1.807, 2.05) is 25.1 Å². The van der Waals surface area contributed by atoms with Gasteiger partial charge in [-0.1, -0.05) is 12.1 Å². The maximum absolute atomic E-state index is 12.5. The largest absolute Gasteiger partial charge is 0.496 e. The molecule has 1 aliphatic rings. The highest BCUT2D eigenvalue weighted by atomic mass is 16.5. The molecule has 1 saturated heterocycles. The third-order valence-electron chi connectivity index (χ3n) is 4.50. The van der Waals surface area contributed by atoms with Crippen LogP contribution in [0.2, 0.25) is 0 Å². The number of aryl methyl sites for hydroxylation is 1. The van der Waals surface area contributed by atoms with Crippen molar-refractivity contribution in [3.63, 3.8) is 0 Å². The molecule has 9 nitrogen and oxygen atoms in total. The average Bonchev–Trinajstić information content (AvgIpc) is 3.16. The SMILES string of the molecule is COc1cc(CC(=O)N2CCN(C(=O)Cn3cnnn3)CC2)ccc1C.